The smallest absolute Gasteiger partial charge is 0.339 e. The molecule has 2 aromatic rings. The second kappa shape index (κ2) is 5.42. The van der Waals surface area contributed by atoms with Crippen molar-refractivity contribution in [3.63, 3.8) is 0 Å². The maximum Gasteiger partial charge on any atom is 0.339 e. The highest BCUT2D eigenvalue weighted by molar-refractivity contribution is 6.34. The Morgan fingerprint density at radius 1 is 1.06 bits per heavy atom. The molecule has 4 heteroatoms. The zero-order valence-corrected chi connectivity index (χ0v) is 11.1. The van der Waals surface area contributed by atoms with E-state index in [1.165, 1.54) is 7.11 Å². The van der Waals surface area contributed by atoms with Crippen LogP contribution in [0.5, 0.6) is 0 Å². The van der Waals surface area contributed by atoms with Crippen LogP contribution in [0.2, 0.25) is 10.0 Å². The Hall–Kier alpha value is -1.51. The number of esters is 1. The Morgan fingerprint density at radius 3 is 2.39 bits per heavy atom. The standard InChI is InChI=1S/C14H10Cl2O2/c1-18-14(17)12-6-5-10(8-13(12)16)9-3-2-4-11(15)7-9/h2-8H,1H3. The molecule has 18 heavy (non-hydrogen) atoms. The molecule has 92 valence electrons. The van der Waals surface area contributed by atoms with Gasteiger partial charge in [-0.05, 0) is 35.4 Å². The van der Waals surface area contributed by atoms with Gasteiger partial charge in [0.2, 0.25) is 0 Å². The Balaban J connectivity index is 2.43. The summed E-state index contributed by atoms with van der Waals surface area (Å²) in [6.45, 7) is 0. The van der Waals surface area contributed by atoms with E-state index in [4.69, 9.17) is 23.2 Å². The summed E-state index contributed by atoms with van der Waals surface area (Å²) in [5.41, 5.74) is 2.20. The van der Waals surface area contributed by atoms with Gasteiger partial charge in [-0.25, -0.2) is 4.79 Å². The third-order valence-electron chi connectivity index (χ3n) is 2.53. The van der Waals surface area contributed by atoms with E-state index < -0.39 is 5.97 Å². The van der Waals surface area contributed by atoms with Gasteiger partial charge in [0, 0.05) is 5.02 Å². The average Bonchev–Trinajstić information content (AvgIpc) is 2.37. The molecule has 0 amide bonds. The molecule has 2 nitrogen and oxygen atoms in total. The van der Waals surface area contributed by atoms with E-state index in [2.05, 4.69) is 4.74 Å². The monoisotopic (exact) mass is 280 g/mol. The van der Waals surface area contributed by atoms with Crippen LogP contribution in [0.15, 0.2) is 42.5 Å². The van der Waals surface area contributed by atoms with Gasteiger partial charge in [0.25, 0.3) is 0 Å². The van der Waals surface area contributed by atoms with Crippen LogP contribution in [-0.4, -0.2) is 13.1 Å². The van der Waals surface area contributed by atoms with Crippen LogP contribution < -0.4 is 0 Å². The predicted octanol–water partition coefficient (Wildman–Crippen LogP) is 4.45. The first-order chi connectivity index (χ1) is 8.61. The van der Waals surface area contributed by atoms with Crippen molar-refractivity contribution < 1.29 is 9.53 Å². The summed E-state index contributed by atoms with van der Waals surface area (Å²) in [4.78, 5) is 11.4. The summed E-state index contributed by atoms with van der Waals surface area (Å²) in [5, 5.41) is 1.01. The molecular formula is C14H10Cl2O2. The van der Waals surface area contributed by atoms with Gasteiger partial charge in [-0.1, -0.05) is 41.4 Å². The second-order valence-electron chi connectivity index (χ2n) is 3.70. The SMILES string of the molecule is COC(=O)c1ccc(-c2cccc(Cl)c2)cc1Cl. The highest BCUT2D eigenvalue weighted by Crippen LogP contribution is 2.27. The fraction of sp³-hybridized carbons (Fsp3) is 0.0714. The van der Waals surface area contributed by atoms with Gasteiger partial charge >= 0.3 is 5.97 Å². The largest absolute Gasteiger partial charge is 0.465 e. The number of carbonyl (C=O) groups is 1. The summed E-state index contributed by atoms with van der Waals surface area (Å²) >= 11 is 12.0. The van der Waals surface area contributed by atoms with Crippen molar-refractivity contribution in [2.45, 2.75) is 0 Å². The van der Waals surface area contributed by atoms with Gasteiger partial charge in [0.1, 0.15) is 0 Å². The quantitative estimate of drug-likeness (QED) is 0.760. The zero-order valence-electron chi connectivity index (χ0n) is 9.61. The first-order valence-corrected chi connectivity index (χ1v) is 6.01. The van der Waals surface area contributed by atoms with Crippen molar-refractivity contribution >= 4 is 29.2 Å². The van der Waals surface area contributed by atoms with Crippen molar-refractivity contribution in [2.24, 2.45) is 0 Å². The van der Waals surface area contributed by atoms with Crippen LogP contribution in [0.4, 0.5) is 0 Å². The predicted molar refractivity (Wildman–Crippen MR) is 73.2 cm³/mol. The number of hydrogen-bond donors (Lipinski definition) is 0. The lowest BCUT2D eigenvalue weighted by molar-refractivity contribution is 0.0601. The van der Waals surface area contributed by atoms with Gasteiger partial charge in [-0.15, -0.1) is 0 Å². The summed E-state index contributed by atoms with van der Waals surface area (Å²) in [7, 11) is 1.32. The molecular weight excluding hydrogens is 271 g/mol. The molecule has 2 rings (SSSR count). The zero-order chi connectivity index (χ0) is 13.1. The minimum atomic E-state index is -0.447. The molecule has 0 radical (unpaired) electrons. The number of ether oxygens (including phenoxy) is 1. The van der Waals surface area contributed by atoms with Crippen molar-refractivity contribution in [3.05, 3.63) is 58.1 Å². The van der Waals surface area contributed by atoms with Gasteiger partial charge in [0.15, 0.2) is 0 Å². The molecule has 0 spiro atoms. The van der Waals surface area contributed by atoms with Gasteiger partial charge in [-0.2, -0.15) is 0 Å². The van der Waals surface area contributed by atoms with Crippen molar-refractivity contribution in [3.8, 4) is 11.1 Å². The topological polar surface area (TPSA) is 26.3 Å². The molecule has 0 aliphatic carbocycles. The van der Waals surface area contributed by atoms with Crippen molar-refractivity contribution in [1.29, 1.82) is 0 Å². The van der Waals surface area contributed by atoms with Gasteiger partial charge in [-0.3, -0.25) is 0 Å². The number of benzene rings is 2. The number of methoxy groups -OCH3 is 1. The lowest BCUT2D eigenvalue weighted by atomic mass is 10.0. The minimum Gasteiger partial charge on any atom is -0.465 e. The molecule has 0 fully saturated rings. The molecule has 0 heterocycles. The third-order valence-corrected chi connectivity index (χ3v) is 3.08. The number of halogens is 2. The molecule has 0 N–H and O–H groups in total. The minimum absolute atomic E-state index is 0.352. The molecule has 0 saturated carbocycles. The third kappa shape index (κ3) is 2.66. The van der Waals surface area contributed by atoms with Crippen LogP contribution in [-0.2, 0) is 4.74 Å². The maximum absolute atomic E-state index is 11.4. The van der Waals surface area contributed by atoms with Crippen molar-refractivity contribution in [1.82, 2.24) is 0 Å². The fourth-order valence-electron chi connectivity index (χ4n) is 1.64. The van der Waals surface area contributed by atoms with Gasteiger partial charge in [0.05, 0.1) is 17.7 Å². The fourth-order valence-corrected chi connectivity index (χ4v) is 2.09. The molecule has 2 aromatic carbocycles. The summed E-state index contributed by atoms with van der Waals surface area (Å²) in [6, 6.07) is 12.6. The average molecular weight is 281 g/mol. The lowest BCUT2D eigenvalue weighted by Gasteiger charge is -2.06. The van der Waals surface area contributed by atoms with Crippen LogP contribution in [0, 0.1) is 0 Å². The summed E-state index contributed by atoms with van der Waals surface area (Å²) in [6.07, 6.45) is 0. The number of carbonyl (C=O) groups excluding carboxylic acids is 1. The van der Waals surface area contributed by atoms with E-state index in [0.717, 1.165) is 11.1 Å². The second-order valence-corrected chi connectivity index (χ2v) is 4.54. The summed E-state index contributed by atoms with van der Waals surface area (Å²) < 4.78 is 4.64. The van der Waals surface area contributed by atoms with E-state index in [1.54, 1.807) is 18.2 Å². The Labute approximate surface area is 115 Å². The van der Waals surface area contributed by atoms with Gasteiger partial charge < -0.3 is 4.74 Å². The first-order valence-electron chi connectivity index (χ1n) is 5.25. The molecule has 0 aromatic heterocycles. The van der Waals surface area contributed by atoms with Crippen LogP contribution in [0.3, 0.4) is 0 Å². The van der Waals surface area contributed by atoms with Crippen LogP contribution in [0.1, 0.15) is 10.4 Å². The highest BCUT2D eigenvalue weighted by atomic mass is 35.5. The Morgan fingerprint density at radius 2 is 1.78 bits per heavy atom. The summed E-state index contributed by atoms with van der Waals surface area (Å²) in [5.74, 6) is -0.447. The van der Waals surface area contributed by atoms with E-state index in [1.807, 2.05) is 24.3 Å². The lowest BCUT2D eigenvalue weighted by Crippen LogP contribution is -2.01. The Bertz CT molecular complexity index is 594. The van der Waals surface area contributed by atoms with E-state index in [9.17, 15) is 4.79 Å². The van der Waals surface area contributed by atoms with Crippen LogP contribution >= 0.6 is 23.2 Å². The normalized spacial score (nSPS) is 10.2. The van der Waals surface area contributed by atoms with E-state index in [0.29, 0.717) is 15.6 Å². The molecule has 0 atom stereocenters. The maximum atomic E-state index is 11.4. The molecule has 0 saturated heterocycles. The number of rotatable bonds is 2. The molecule has 0 bridgehead atoms. The number of hydrogen-bond acceptors (Lipinski definition) is 2. The van der Waals surface area contributed by atoms with Crippen molar-refractivity contribution in [2.75, 3.05) is 7.11 Å². The molecule has 0 aliphatic rings. The van der Waals surface area contributed by atoms with E-state index >= 15 is 0 Å². The Kier molecular flexibility index (Phi) is 3.90. The van der Waals surface area contributed by atoms with E-state index in [-0.39, 0.29) is 0 Å². The first kappa shape index (κ1) is 12.9. The van der Waals surface area contributed by atoms with Crippen LogP contribution in [0.25, 0.3) is 11.1 Å². The molecule has 0 unspecified atom stereocenters. The highest BCUT2D eigenvalue weighted by Gasteiger charge is 2.11. The molecule has 0 aliphatic heterocycles.